The van der Waals surface area contributed by atoms with E-state index in [1.807, 2.05) is 13.0 Å². The van der Waals surface area contributed by atoms with Crippen LogP contribution in [0.4, 0.5) is 0 Å². The summed E-state index contributed by atoms with van der Waals surface area (Å²) in [4.78, 5) is 14.3. The first-order valence-electron chi connectivity index (χ1n) is 6.55. The molecule has 1 amide bonds. The third-order valence-electron chi connectivity index (χ3n) is 3.67. The van der Waals surface area contributed by atoms with Gasteiger partial charge in [0.25, 0.3) is 5.91 Å². The summed E-state index contributed by atoms with van der Waals surface area (Å²) < 4.78 is 0. The number of carbonyl (C=O) groups excluding carboxylic acids is 1. The SMILES string of the molecule is Cc1ccc(Cl)cc1C(=O)N1CCCC(/C(N)=N/O)C1. The molecule has 1 saturated heterocycles. The summed E-state index contributed by atoms with van der Waals surface area (Å²) in [5, 5.41) is 12.3. The van der Waals surface area contributed by atoms with Crippen molar-refractivity contribution in [1.82, 2.24) is 4.90 Å². The van der Waals surface area contributed by atoms with Crippen molar-refractivity contribution in [3.8, 4) is 0 Å². The van der Waals surface area contributed by atoms with Crippen molar-refractivity contribution in [3.05, 3.63) is 34.3 Å². The topological polar surface area (TPSA) is 78.9 Å². The minimum absolute atomic E-state index is 0.0551. The number of benzene rings is 1. The molecule has 1 heterocycles. The number of rotatable bonds is 2. The second kappa shape index (κ2) is 6.13. The van der Waals surface area contributed by atoms with Crippen LogP contribution in [0.3, 0.4) is 0 Å². The van der Waals surface area contributed by atoms with Crippen molar-refractivity contribution in [2.45, 2.75) is 19.8 Å². The first-order chi connectivity index (χ1) is 9.52. The number of aryl methyl sites for hydroxylation is 1. The third kappa shape index (κ3) is 3.04. The van der Waals surface area contributed by atoms with Crippen molar-refractivity contribution in [3.63, 3.8) is 0 Å². The zero-order chi connectivity index (χ0) is 14.7. The van der Waals surface area contributed by atoms with Crippen molar-refractivity contribution < 1.29 is 10.0 Å². The normalized spacial score (nSPS) is 20.0. The lowest BCUT2D eigenvalue weighted by Gasteiger charge is -2.32. The molecule has 0 saturated carbocycles. The molecule has 0 bridgehead atoms. The predicted molar refractivity (Wildman–Crippen MR) is 78.2 cm³/mol. The van der Waals surface area contributed by atoms with Crippen LogP contribution in [-0.4, -0.2) is 34.9 Å². The standard InChI is InChI=1S/C14H18ClN3O2/c1-9-4-5-11(15)7-12(9)14(19)18-6-2-3-10(8-18)13(16)17-20/h4-5,7,10,20H,2-3,6,8H2,1H3,(H2,16,17). The van der Waals surface area contributed by atoms with Gasteiger partial charge in [-0.3, -0.25) is 4.79 Å². The summed E-state index contributed by atoms with van der Waals surface area (Å²) in [5.74, 6) is 0.0444. The fourth-order valence-corrected chi connectivity index (χ4v) is 2.65. The molecule has 3 N–H and O–H groups in total. The maximum Gasteiger partial charge on any atom is 0.254 e. The molecule has 108 valence electrons. The number of likely N-dealkylation sites (tertiary alicyclic amines) is 1. The molecule has 0 spiro atoms. The highest BCUT2D eigenvalue weighted by Gasteiger charge is 2.27. The van der Waals surface area contributed by atoms with Gasteiger partial charge in [-0.05, 0) is 37.5 Å². The number of hydrogen-bond donors (Lipinski definition) is 2. The Morgan fingerprint density at radius 1 is 1.55 bits per heavy atom. The van der Waals surface area contributed by atoms with Crippen LogP contribution in [0.15, 0.2) is 23.4 Å². The van der Waals surface area contributed by atoms with Crippen molar-refractivity contribution >= 4 is 23.3 Å². The summed E-state index contributed by atoms with van der Waals surface area (Å²) in [7, 11) is 0. The van der Waals surface area contributed by atoms with E-state index in [-0.39, 0.29) is 17.7 Å². The van der Waals surface area contributed by atoms with E-state index in [1.54, 1.807) is 17.0 Å². The Kier molecular flexibility index (Phi) is 4.49. The number of nitrogens with two attached hydrogens (primary N) is 1. The molecule has 1 aromatic carbocycles. The zero-order valence-electron chi connectivity index (χ0n) is 11.3. The highest BCUT2D eigenvalue weighted by molar-refractivity contribution is 6.31. The van der Waals surface area contributed by atoms with Crippen molar-refractivity contribution in [2.24, 2.45) is 16.8 Å². The van der Waals surface area contributed by atoms with Crippen molar-refractivity contribution in [2.75, 3.05) is 13.1 Å². The minimum Gasteiger partial charge on any atom is -0.409 e. The number of halogens is 1. The van der Waals surface area contributed by atoms with Gasteiger partial charge < -0.3 is 15.8 Å². The van der Waals surface area contributed by atoms with E-state index in [4.69, 9.17) is 22.5 Å². The maximum absolute atomic E-state index is 12.6. The second-order valence-electron chi connectivity index (χ2n) is 5.07. The van der Waals surface area contributed by atoms with Gasteiger partial charge in [0.15, 0.2) is 0 Å². The number of amidine groups is 1. The molecule has 6 heteroatoms. The summed E-state index contributed by atoms with van der Waals surface area (Å²) in [6.07, 6.45) is 1.67. The second-order valence-corrected chi connectivity index (χ2v) is 5.51. The van der Waals surface area contributed by atoms with E-state index in [0.29, 0.717) is 23.7 Å². The molecule has 5 nitrogen and oxygen atoms in total. The molecule has 1 aromatic rings. The lowest BCUT2D eigenvalue weighted by Crippen LogP contribution is -2.44. The molecule has 20 heavy (non-hydrogen) atoms. The molecule has 1 atom stereocenters. The highest BCUT2D eigenvalue weighted by atomic mass is 35.5. The number of piperidine rings is 1. The molecular formula is C14H18ClN3O2. The summed E-state index contributed by atoms with van der Waals surface area (Å²) >= 11 is 5.96. The quantitative estimate of drug-likeness (QED) is 0.380. The van der Waals surface area contributed by atoms with Gasteiger partial charge in [-0.1, -0.05) is 22.8 Å². The van der Waals surface area contributed by atoms with Gasteiger partial charge in [0.05, 0.1) is 0 Å². The molecule has 0 radical (unpaired) electrons. The van der Waals surface area contributed by atoms with E-state index in [2.05, 4.69) is 5.16 Å². The molecule has 1 aliphatic rings. The Morgan fingerprint density at radius 3 is 3.00 bits per heavy atom. The zero-order valence-corrected chi connectivity index (χ0v) is 12.1. The molecule has 1 unspecified atom stereocenters. The van der Waals surface area contributed by atoms with Crippen LogP contribution in [0.25, 0.3) is 0 Å². The number of oxime groups is 1. The number of carbonyl (C=O) groups is 1. The van der Waals surface area contributed by atoms with Crippen LogP contribution in [-0.2, 0) is 0 Å². The Morgan fingerprint density at radius 2 is 2.30 bits per heavy atom. The van der Waals surface area contributed by atoms with Crippen LogP contribution in [0, 0.1) is 12.8 Å². The smallest absolute Gasteiger partial charge is 0.254 e. The molecule has 1 fully saturated rings. The minimum atomic E-state index is -0.0859. The van der Waals surface area contributed by atoms with Gasteiger partial charge in [-0.15, -0.1) is 0 Å². The monoisotopic (exact) mass is 295 g/mol. The number of hydrogen-bond acceptors (Lipinski definition) is 3. The van der Waals surface area contributed by atoms with Gasteiger partial charge in [-0.25, -0.2) is 0 Å². The lowest BCUT2D eigenvalue weighted by atomic mass is 9.96. The van der Waals surface area contributed by atoms with Crippen LogP contribution in [0.2, 0.25) is 5.02 Å². The Balaban J connectivity index is 2.18. The van der Waals surface area contributed by atoms with Crippen molar-refractivity contribution in [1.29, 1.82) is 0 Å². The molecule has 2 rings (SSSR count). The van der Waals surface area contributed by atoms with Crippen LogP contribution in [0.1, 0.15) is 28.8 Å². The van der Waals surface area contributed by atoms with Gasteiger partial charge in [0.1, 0.15) is 5.84 Å². The Hall–Kier alpha value is -1.75. The third-order valence-corrected chi connectivity index (χ3v) is 3.91. The van der Waals surface area contributed by atoms with E-state index < -0.39 is 0 Å². The first-order valence-corrected chi connectivity index (χ1v) is 6.93. The summed E-state index contributed by atoms with van der Waals surface area (Å²) in [5.41, 5.74) is 7.15. The predicted octanol–water partition coefficient (Wildman–Crippen LogP) is 2.25. The Labute approximate surface area is 123 Å². The van der Waals surface area contributed by atoms with E-state index in [1.165, 1.54) is 0 Å². The molecule has 0 aromatic heterocycles. The van der Waals surface area contributed by atoms with Crippen LogP contribution >= 0.6 is 11.6 Å². The first kappa shape index (κ1) is 14.7. The van der Waals surface area contributed by atoms with Gasteiger partial charge >= 0.3 is 0 Å². The number of nitrogens with zero attached hydrogens (tertiary/aromatic N) is 2. The van der Waals surface area contributed by atoms with E-state index in [9.17, 15) is 4.79 Å². The number of amides is 1. The average molecular weight is 296 g/mol. The largest absolute Gasteiger partial charge is 0.409 e. The summed E-state index contributed by atoms with van der Waals surface area (Å²) in [6, 6.07) is 5.29. The van der Waals surface area contributed by atoms with E-state index >= 15 is 0 Å². The maximum atomic E-state index is 12.6. The van der Waals surface area contributed by atoms with Gasteiger partial charge in [-0.2, -0.15) is 0 Å². The fourth-order valence-electron chi connectivity index (χ4n) is 2.48. The van der Waals surface area contributed by atoms with E-state index in [0.717, 1.165) is 18.4 Å². The fraction of sp³-hybridized carbons (Fsp3) is 0.429. The van der Waals surface area contributed by atoms with Gasteiger partial charge in [0, 0.05) is 29.6 Å². The van der Waals surface area contributed by atoms with Crippen LogP contribution in [0.5, 0.6) is 0 Å². The summed E-state index contributed by atoms with van der Waals surface area (Å²) in [6.45, 7) is 3.04. The lowest BCUT2D eigenvalue weighted by molar-refractivity contribution is 0.0700. The molecular weight excluding hydrogens is 278 g/mol. The average Bonchev–Trinajstić information content (AvgIpc) is 2.48. The molecule has 0 aliphatic carbocycles. The highest BCUT2D eigenvalue weighted by Crippen LogP contribution is 2.22. The van der Waals surface area contributed by atoms with Gasteiger partial charge in [0.2, 0.25) is 0 Å². The van der Waals surface area contributed by atoms with Crippen LogP contribution < -0.4 is 5.73 Å². The Bertz CT molecular complexity index is 545. The molecule has 1 aliphatic heterocycles.